The van der Waals surface area contributed by atoms with E-state index in [2.05, 4.69) is 158 Å². The lowest BCUT2D eigenvalue weighted by Crippen LogP contribution is -2.14. The van der Waals surface area contributed by atoms with E-state index in [1.807, 2.05) is 12.1 Å². The molecule has 0 fully saturated rings. The molecule has 0 unspecified atom stereocenters. The maximum atomic E-state index is 5.29. The van der Waals surface area contributed by atoms with Crippen LogP contribution in [-0.4, -0.2) is 14.5 Å². The van der Waals surface area contributed by atoms with Crippen molar-refractivity contribution in [2.45, 2.75) is 19.3 Å². The van der Waals surface area contributed by atoms with Crippen LogP contribution in [0.15, 0.2) is 152 Å². The lowest BCUT2D eigenvalue weighted by atomic mass is 9.82. The van der Waals surface area contributed by atoms with Gasteiger partial charge in [0.05, 0.1) is 22.4 Å². The van der Waals surface area contributed by atoms with E-state index in [4.69, 9.17) is 9.97 Å². The molecule has 2 aromatic heterocycles. The highest BCUT2D eigenvalue weighted by Gasteiger charge is 2.36. The Balaban J connectivity index is 1.30. The minimum atomic E-state index is -0.0773. The zero-order valence-electron chi connectivity index (χ0n) is 25.8. The van der Waals surface area contributed by atoms with Crippen LogP contribution >= 0.6 is 0 Å². The van der Waals surface area contributed by atoms with Gasteiger partial charge in [-0.2, -0.15) is 0 Å². The predicted molar refractivity (Wildman–Crippen MR) is 190 cm³/mol. The van der Waals surface area contributed by atoms with E-state index in [0.29, 0.717) is 5.95 Å². The minimum Gasteiger partial charge on any atom is -0.278 e. The highest BCUT2D eigenvalue weighted by Crippen LogP contribution is 2.50. The number of hydrogen-bond acceptors (Lipinski definition) is 2. The number of para-hydroxylation sites is 1. The Bertz CT molecular complexity index is 2420. The van der Waals surface area contributed by atoms with Crippen LogP contribution in [0.1, 0.15) is 25.0 Å². The Labute approximate surface area is 268 Å². The molecule has 9 rings (SSSR count). The summed E-state index contributed by atoms with van der Waals surface area (Å²) >= 11 is 0. The van der Waals surface area contributed by atoms with E-state index in [9.17, 15) is 0 Å². The van der Waals surface area contributed by atoms with Crippen molar-refractivity contribution in [2.24, 2.45) is 0 Å². The van der Waals surface area contributed by atoms with Crippen LogP contribution in [-0.2, 0) is 5.41 Å². The molecule has 1 aliphatic rings. The molecule has 0 saturated carbocycles. The first-order valence-electron chi connectivity index (χ1n) is 15.8. The monoisotopic (exact) mass is 589 g/mol. The molecule has 0 N–H and O–H groups in total. The van der Waals surface area contributed by atoms with Crippen LogP contribution in [0.5, 0.6) is 0 Å². The lowest BCUT2D eigenvalue weighted by molar-refractivity contribution is 0.661. The van der Waals surface area contributed by atoms with Crippen LogP contribution in [0.4, 0.5) is 0 Å². The number of aromatic nitrogens is 3. The van der Waals surface area contributed by atoms with Crippen LogP contribution in [0.3, 0.4) is 0 Å². The van der Waals surface area contributed by atoms with Gasteiger partial charge in [-0.05, 0) is 57.6 Å². The molecule has 6 aromatic carbocycles. The predicted octanol–water partition coefficient (Wildman–Crippen LogP) is 10.9. The third-order valence-corrected chi connectivity index (χ3v) is 9.65. The molecule has 8 aromatic rings. The molecule has 0 bridgehead atoms. The Morgan fingerprint density at radius 1 is 0.435 bits per heavy atom. The van der Waals surface area contributed by atoms with Gasteiger partial charge < -0.3 is 0 Å². The number of benzene rings is 6. The molecule has 0 spiro atoms. The van der Waals surface area contributed by atoms with Gasteiger partial charge in [-0.15, -0.1) is 0 Å². The van der Waals surface area contributed by atoms with Gasteiger partial charge in [0.1, 0.15) is 0 Å². The van der Waals surface area contributed by atoms with E-state index >= 15 is 0 Å². The Hall–Kier alpha value is -5.80. The summed E-state index contributed by atoms with van der Waals surface area (Å²) in [6.07, 6.45) is 0. The quantitative estimate of drug-likeness (QED) is 0.204. The molecule has 2 heterocycles. The second-order valence-electron chi connectivity index (χ2n) is 12.7. The van der Waals surface area contributed by atoms with Crippen LogP contribution in [0.2, 0.25) is 0 Å². The van der Waals surface area contributed by atoms with E-state index in [-0.39, 0.29) is 5.41 Å². The summed E-state index contributed by atoms with van der Waals surface area (Å²) < 4.78 is 2.26. The number of nitrogens with zero attached hydrogens (tertiary/aromatic N) is 3. The van der Waals surface area contributed by atoms with Crippen molar-refractivity contribution in [3.63, 3.8) is 0 Å². The summed E-state index contributed by atoms with van der Waals surface area (Å²) in [6.45, 7) is 4.68. The standard InChI is InChI=1S/C43H31N3/c1-43(2)36-19-11-9-17-32(36)34-26-41-35(25-37(34)43)33-18-10-12-20-40(33)46(41)42-44-38(30-15-7-4-8-16-30)27-39(45-42)31-23-21-29(22-24-31)28-13-5-3-6-14-28/h3-27H,1-2H3. The van der Waals surface area contributed by atoms with Crippen LogP contribution in [0, 0.1) is 0 Å². The van der Waals surface area contributed by atoms with Gasteiger partial charge >= 0.3 is 0 Å². The van der Waals surface area contributed by atoms with Crippen molar-refractivity contribution in [2.75, 3.05) is 0 Å². The van der Waals surface area contributed by atoms with Gasteiger partial charge in [-0.25, -0.2) is 9.97 Å². The molecule has 0 saturated heterocycles. The van der Waals surface area contributed by atoms with Crippen molar-refractivity contribution < 1.29 is 0 Å². The fraction of sp³-hybridized carbons (Fsp3) is 0.0698. The molecular weight excluding hydrogens is 558 g/mol. The van der Waals surface area contributed by atoms with E-state index in [1.54, 1.807) is 0 Å². The summed E-state index contributed by atoms with van der Waals surface area (Å²) in [6, 6.07) is 53.9. The van der Waals surface area contributed by atoms with E-state index < -0.39 is 0 Å². The Morgan fingerprint density at radius 2 is 1.00 bits per heavy atom. The van der Waals surface area contributed by atoms with Gasteiger partial charge in [0.15, 0.2) is 0 Å². The summed E-state index contributed by atoms with van der Waals surface area (Å²) in [4.78, 5) is 10.5. The molecule has 218 valence electrons. The Morgan fingerprint density at radius 3 is 1.74 bits per heavy atom. The van der Waals surface area contributed by atoms with Gasteiger partial charge in [0, 0.05) is 27.3 Å². The van der Waals surface area contributed by atoms with Crippen molar-refractivity contribution >= 4 is 21.8 Å². The van der Waals surface area contributed by atoms with E-state index in [0.717, 1.165) is 33.5 Å². The number of rotatable bonds is 4. The molecule has 0 amide bonds. The highest BCUT2D eigenvalue weighted by atomic mass is 15.2. The number of fused-ring (bicyclic) bond motifs is 6. The van der Waals surface area contributed by atoms with Crippen molar-refractivity contribution in [1.29, 1.82) is 0 Å². The summed E-state index contributed by atoms with van der Waals surface area (Å²) in [7, 11) is 0. The first-order chi connectivity index (χ1) is 22.6. The molecule has 0 aliphatic heterocycles. The normalized spacial score (nSPS) is 13.2. The molecule has 46 heavy (non-hydrogen) atoms. The Kier molecular flexibility index (Phi) is 5.85. The van der Waals surface area contributed by atoms with Gasteiger partial charge in [-0.1, -0.05) is 141 Å². The summed E-state index contributed by atoms with van der Waals surface area (Å²) in [5, 5.41) is 2.42. The molecule has 0 atom stereocenters. The average Bonchev–Trinajstić information content (AvgIpc) is 3.56. The smallest absolute Gasteiger partial charge is 0.235 e. The van der Waals surface area contributed by atoms with Crippen molar-refractivity contribution in [1.82, 2.24) is 14.5 Å². The summed E-state index contributed by atoms with van der Waals surface area (Å²) in [5.74, 6) is 0.667. The topological polar surface area (TPSA) is 30.7 Å². The molecule has 0 radical (unpaired) electrons. The molecule has 3 nitrogen and oxygen atoms in total. The van der Waals surface area contributed by atoms with E-state index in [1.165, 1.54) is 44.2 Å². The number of hydrogen-bond donors (Lipinski definition) is 0. The zero-order valence-corrected chi connectivity index (χ0v) is 25.8. The third kappa shape index (κ3) is 4.05. The second kappa shape index (κ2) is 10.1. The summed E-state index contributed by atoms with van der Waals surface area (Å²) in [5.41, 5.74) is 13.7. The average molecular weight is 590 g/mol. The molecule has 3 heteroatoms. The lowest BCUT2D eigenvalue weighted by Gasteiger charge is -2.21. The minimum absolute atomic E-state index is 0.0773. The maximum absolute atomic E-state index is 5.29. The van der Waals surface area contributed by atoms with Gasteiger partial charge in [0.25, 0.3) is 0 Å². The maximum Gasteiger partial charge on any atom is 0.235 e. The second-order valence-corrected chi connectivity index (χ2v) is 12.7. The molecule has 1 aliphatic carbocycles. The molecular formula is C43H31N3. The van der Waals surface area contributed by atoms with Gasteiger partial charge in [-0.3, -0.25) is 4.57 Å². The van der Waals surface area contributed by atoms with Crippen LogP contribution < -0.4 is 0 Å². The fourth-order valence-corrected chi connectivity index (χ4v) is 7.28. The largest absolute Gasteiger partial charge is 0.278 e. The highest BCUT2D eigenvalue weighted by molar-refractivity contribution is 6.11. The first-order valence-corrected chi connectivity index (χ1v) is 15.8. The fourth-order valence-electron chi connectivity index (χ4n) is 7.28. The van der Waals surface area contributed by atoms with Crippen molar-refractivity contribution in [3.8, 4) is 50.7 Å². The van der Waals surface area contributed by atoms with Crippen molar-refractivity contribution in [3.05, 3.63) is 163 Å². The third-order valence-electron chi connectivity index (χ3n) is 9.65. The SMILES string of the molecule is CC1(C)c2ccccc2-c2cc3c(cc21)c1ccccc1n3-c1nc(-c2ccccc2)cc(-c2ccc(-c3ccccc3)cc2)n1. The zero-order chi connectivity index (χ0) is 30.8. The van der Waals surface area contributed by atoms with Crippen LogP contribution in [0.25, 0.3) is 72.5 Å². The van der Waals surface area contributed by atoms with Gasteiger partial charge in [0.2, 0.25) is 5.95 Å². The first kappa shape index (κ1) is 26.6.